The van der Waals surface area contributed by atoms with Crippen molar-refractivity contribution in [2.75, 3.05) is 18.7 Å². The van der Waals surface area contributed by atoms with E-state index < -0.39 is 45.2 Å². The molecule has 2 heterocycles. The average Bonchev–Trinajstić information content (AvgIpc) is 3.30. The number of hydrogen-bond acceptors (Lipinski definition) is 6. The number of halogens is 3. The van der Waals surface area contributed by atoms with E-state index in [9.17, 15) is 24.3 Å². The second kappa shape index (κ2) is 10.5. The van der Waals surface area contributed by atoms with Crippen LogP contribution in [0, 0.1) is 17.8 Å². The summed E-state index contributed by atoms with van der Waals surface area (Å²) in [4.78, 5) is 53.7. The predicted octanol–water partition coefficient (Wildman–Crippen LogP) is 3.97. The number of aliphatic hydroxyl groups excluding tert-OH is 1. The number of rotatable bonds is 7. The highest BCUT2D eigenvalue weighted by Crippen LogP contribution is 2.66. The highest BCUT2D eigenvalue weighted by atomic mass is 79.9. The van der Waals surface area contributed by atoms with Gasteiger partial charge >= 0.3 is 0 Å². The molecule has 41 heavy (non-hydrogen) atoms. The van der Waals surface area contributed by atoms with Crippen molar-refractivity contribution >= 4 is 62.8 Å². The number of para-hydroxylation sites is 1. The Hall–Kier alpha value is -2.72. The lowest BCUT2D eigenvalue weighted by Gasteiger charge is -2.51. The molecule has 2 aliphatic carbocycles. The van der Waals surface area contributed by atoms with Crippen molar-refractivity contribution in [2.45, 2.75) is 35.1 Å². The zero-order chi connectivity index (χ0) is 29.1. The Kier molecular flexibility index (Phi) is 7.29. The quantitative estimate of drug-likeness (QED) is 0.209. The number of imide groups is 2. The van der Waals surface area contributed by atoms with E-state index >= 15 is 0 Å². The molecule has 0 bridgehead atoms. The van der Waals surface area contributed by atoms with Crippen LogP contribution in [0.2, 0.25) is 0 Å². The number of hydrogen-bond donors (Lipinski definition) is 1. The van der Waals surface area contributed by atoms with Gasteiger partial charge in [-0.3, -0.25) is 29.0 Å². The molecule has 214 valence electrons. The van der Waals surface area contributed by atoms with Gasteiger partial charge in [0.05, 0.1) is 30.4 Å². The summed E-state index contributed by atoms with van der Waals surface area (Å²) in [6, 6.07) is 16.3. The third-order valence-electron chi connectivity index (χ3n) is 8.87. The first-order valence-corrected chi connectivity index (χ1v) is 15.3. The number of carbonyl (C=O) groups is 4. The summed E-state index contributed by atoms with van der Waals surface area (Å²) in [6.07, 6.45) is 2.11. The van der Waals surface area contributed by atoms with Crippen LogP contribution in [0.25, 0.3) is 0 Å². The van der Waals surface area contributed by atoms with E-state index in [0.29, 0.717) is 16.9 Å². The van der Waals surface area contributed by atoms with Crippen molar-refractivity contribution in [3.8, 4) is 5.75 Å². The van der Waals surface area contributed by atoms with Gasteiger partial charge in [0.15, 0.2) is 9.75 Å². The van der Waals surface area contributed by atoms with Crippen LogP contribution < -0.4 is 4.74 Å². The van der Waals surface area contributed by atoms with E-state index in [0.717, 1.165) is 10.5 Å². The van der Waals surface area contributed by atoms with E-state index in [4.69, 9.17) is 27.9 Å². The number of carbonyl (C=O) groups excluding carboxylic acids is 4. The first-order chi connectivity index (χ1) is 19.7. The molecule has 4 amide bonds. The van der Waals surface area contributed by atoms with Crippen LogP contribution in [0.1, 0.15) is 29.9 Å². The topological polar surface area (TPSA) is 104 Å². The molecule has 0 radical (unpaired) electrons. The highest BCUT2D eigenvalue weighted by Gasteiger charge is 2.76. The molecule has 3 fully saturated rings. The number of aliphatic hydroxyl groups is 1. The summed E-state index contributed by atoms with van der Waals surface area (Å²) in [6.45, 7) is -0.0860. The van der Waals surface area contributed by atoms with Crippen LogP contribution >= 0.6 is 39.1 Å². The average molecular weight is 662 g/mol. The van der Waals surface area contributed by atoms with Gasteiger partial charge in [-0.05, 0) is 30.4 Å². The van der Waals surface area contributed by atoms with Crippen molar-refractivity contribution in [3.05, 3.63) is 77.4 Å². The van der Waals surface area contributed by atoms with Gasteiger partial charge < -0.3 is 9.84 Å². The second-order valence-corrected chi connectivity index (χ2v) is 12.6. The fourth-order valence-electron chi connectivity index (χ4n) is 7.09. The van der Waals surface area contributed by atoms with Gasteiger partial charge in [-0.15, -0.1) is 23.2 Å². The van der Waals surface area contributed by atoms with Gasteiger partial charge in [0.1, 0.15) is 12.4 Å². The Morgan fingerprint density at radius 2 is 1.63 bits per heavy atom. The monoisotopic (exact) mass is 660 g/mol. The molecule has 4 aliphatic rings. The van der Waals surface area contributed by atoms with E-state index in [2.05, 4.69) is 15.9 Å². The van der Waals surface area contributed by atoms with Crippen LogP contribution in [-0.4, -0.2) is 67.0 Å². The number of alkyl halides is 3. The lowest BCUT2D eigenvalue weighted by molar-refractivity contribution is -0.141. The van der Waals surface area contributed by atoms with Gasteiger partial charge in [0.2, 0.25) is 11.8 Å². The summed E-state index contributed by atoms with van der Waals surface area (Å²) in [5, 5.41) is 9.42. The van der Waals surface area contributed by atoms with Gasteiger partial charge in [-0.2, -0.15) is 0 Å². The first-order valence-electron chi connectivity index (χ1n) is 13.4. The Bertz CT molecular complexity index is 1470. The normalized spacial score (nSPS) is 32.5. The maximum atomic E-state index is 14.0. The molecule has 8 nitrogen and oxygen atoms in total. The van der Waals surface area contributed by atoms with E-state index in [-0.39, 0.29) is 49.9 Å². The molecule has 11 heteroatoms. The number of fused-ring (bicyclic) bond motifs is 4. The third-order valence-corrected chi connectivity index (χ3v) is 10.8. The fraction of sp³-hybridized carbons (Fsp3) is 0.400. The van der Waals surface area contributed by atoms with Gasteiger partial charge in [0.25, 0.3) is 11.8 Å². The number of nitrogens with zero attached hydrogens (tertiary/aromatic N) is 2. The molecular weight excluding hydrogens is 635 g/mol. The maximum Gasteiger partial charge on any atom is 0.254 e. The summed E-state index contributed by atoms with van der Waals surface area (Å²) < 4.78 is 5.84. The van der Waals surface area contributed by atoms with E-state index in [1.54, 1.807) is 24.3 Å². The van der Waals surface area contributed by atoms with Gasteiger partial charge in [-0.1, -0.05) is 76.1 Å². The molecule has 0 aromatic heterocycles. The number of amides is 4. The lowest BCUT2D eigenvalue weighted by Crippen LogP contribution is -2.60. The Labute approximate surface area is 255 Å². The second-order valence-electron chi connectivity index (χ2n) is 10.8. The minimum absolute atomic E-state index is 0.0000475. The van der Waals surface area contributed by atoms with E-state index in [1.807, 2.05) is 36.4 Å². The summed E-state index contributed by atoms with van der Waals surface area (Å²) >= 11 is 17.8. The third kappa shape index (κ3) is 4.03. The SMILES string of the molecule is O=C1[C@H]2[C@H](CC=C3[C@H]2C[C@@]2(Cl)C(=O)N(CBr)C(=O)[C@@]2(Cl)[C@H]3c2ccccc2OCCO)C(=O)N1Cc1ccccc1. The number of allylic oxidation sites excluding steroid dienone is 2. The number of likely N-dealkylation sites (tertiary alicyclic amines) is 2. The van der Waals surface area contributed by atoms with Gasteiger partial charge in [0, 0.05) is 11.5 Å². The zero-order valence-electron chi connectivity index (χ0n) is 21.8. The Morgan fingerprint density at radius 1 is 0.927 bits per heavy atom. The molecule has 6 rings (SSSR count). The first kappa shape index (κ1) is 28.4. The minimum atomic E-state index is -1.91. The highest BCUT2D eigenvalue weighted by molar-refractivity contribution is 9.09. The van der Waals surface area contributed by atoms with Crippen molar-refractivity contribution < 1.29 is 29.0 Å². The molecule has 2 aliphatic heterocycles. The van der Waals surface area contributed by atoms with Crippen LogP contribution in [0.5, 0.6) is 5.75 Å². The van der Waals surface area contributed by atoms with Crippen LogP contribution in [-0.2, 0) is 25.7 Å². The Morgan fingerprint density at radius 3 is 2.34 bits per heavy atom. The van der Waals surface area contributed by atoms with Crippen molar-refractivity contribution in [1.29, 1.82) is 0 Å². The molecule has 0 spiro atoms. The Balaban J connectivity index is 1.49. The molecule has 2 aromatic rings. The van der Waals surface area contributed by atoms with Crippen molar-refractivity contribution in [3.63, 3.8) is 0 Å². The standard InChI is InChI=1S/C30H27BrCl2N2O6/c31-16-35-27(39)29(32)14-21-18(24(30(29,33)28(35)40)19-8-4-5-9-22(19)41-13-12-36)10-11-20-23(21)26(38)34(25(20)37)15-17-6-2-1-3-7-17/h1-10,20-21,23-24,36H,11-16H2/t20-,21+,23-,24+,29+,30-/m0/s1. The minimum Gasteiger partial charge on any atom is -0.491 e. The van der Waals surface area contributed by atoms with Crippen molar-refractivity contribution in [2.24, 2.45) is 17.8 Å². The van der Waals surface area contributed by atoms with Crippen molar-refractivity contribution in [1.82, 2.24) is 9.80 Å². The van der Waals surface area contributed by atoms with E-state index in [1.165, 1.54) is 4.90 Å². The predicted molar refractivity (Wildman–Crippen MR) is 154 cm³/mol. The van der Waals surface area contributed by atoms with Crippen LogP contribution in [0.3, 0.4) is 0 Å². The lowest BCUT2D eigenvalue weighted by atomic mass is 9.56. The van der Waals surface area contributed by atoms with Crippen LogP contribution in [0.4, 0.5) is 0 Å². The maximum absolute atomic E-state index is 14.0. The summed E-state index contributed by atoms with van der Waals surface area (Å²) in [5.41, 5.74) is 1.94. The molecule has 1 N–H and O–H groups in total. The molecule has 1 saturated carbocycles. The van der Waals surface area contributed by atoms with Gasteiger partial charge in [-0.25, -0.2) is 0 Å². The molecule has 2 aromatic carbocycles. The van der Waals surface area contributed by atoms with Crippen LogP contribution in [0.15, 0.2) is 66.2 Å². The summed E-state index contributed by atoms with van der Waals surface area (Å²) in [5.74, 6) is -4.38. The largest absolute Gasteiger partial charge is 0.491 e. The zero-order valence-corrected chi connectivity index (χ0v) is 24.9. The molecule has 2 saturated heterocycles. The molecule has 6 atom stereocenters. The number of benzene rings is 2. The fourth-order valence-corrected chi connectivity index (χ4v) is 8.51. The summed E-state index contributed by atoms with van der Waals surface area (Å²) in [7, 11) is 0. The smallest absolute Gasteiger partial charge is 0.254 e. The number of ether oxygens (including phenoxy) is 1. The molecule has 0 unspecified atom stereocenters. The molecular formula is C30H27BrCl2N2O6.